The average molecular weight is 578 g/mol. The van der Waals surface area contributed by atoms with Gasteiger partial charge in [0.25, 0.3) is 0 Å². The van der Waals surface area contributed by atoms with Gasteiger partial charge in [0.1, 0.15) is 11.6 Å². The molecule has 5 unspecified atom stereocenters. The largest absolute Gasteiger partial charge is 0.379 e. The number of nitrogens with one attached hydrogen (secondary N) is 2. The van der Waals surface area contributed by atoms with Crippen LogP contribution in [0.3, 0.4) is 0 Å². The Balaban J connectivity index is 1.27. The number of rotatable bonds is 7. The molecular formula is C28H34Cl2N4O5. The lowest BCUT2D eigenvalue weighted by Crippen LogP contribution is -2.57. The van der Waals surface area contributed by atoms with E-state index in [1.165, 1.54) is 6.42 Å². The van der Waals surface area contributed by atoms with Crippen LogP contribution in [0, 0.1) is 11.8 Å². The number of halogens is 2. The number of hydrogen-bond acceptors (Lipinski definition) is 6. The Bertz CT molecular complexity index is 1150. The molecule has 3 saturated heterocycles. The molecule has 1 spiro atoms. The molecule has 6 rings (SSSR count). The molecule has 1 aliphatic carbocycles. The first-order valence-corrected chi connectivity index (χ1v) is 14.7. The highest BCUT2D eigenvalue weighted by atomic mass is 35.5. The average Bonchev–Trinajstić information content (AvgIpc) is 3.55. The topological polar surface area (TPSA) is 100 Å². The minimum atomic E-state index is -1.18. The third-order valence-electron chi connectivity index (χ3n) is 8.77. The van der Waals surface area contributed by atoms with E-state index < -0.39 is 29.6 Å². The fourth-order valence-corrected chi connectivity index (χ4v) is 7.49. The van der Waals surface area contributed by atoms with Gasteiger partial charge in [0.15, 0.2) is 0 Å². The molecule has 3 amide bonds. The van der Waals surface area contributed by atoms with Crippen molar-refractivity contribution in [1.82, 2.24) is 15.1 Å². The summed E-state index contributed by atoms with van der Waals surface area (Å²) in [5, 5.41) is 6.88. The SMILES string of the molecule is O=C(Nc1cc(Cl)cc(Cl)c1)C1C2C=CC3(O2)C1C(=O)N(CCN1CCOCC1)C3C(=O)NC1CCCCC1. The van der Waals surface area contributed by atoms with Crippen molar-refractivity contribution < 1.29 is 23.9 Å². The van der Waals surface area contributed by atoms with Gasteiger partial charge in [0.2, 0.25) is 17.7 Å². The number of likely N-dealkylation sites (tertiary alicyclic amines) is 1. The highest BCUT2D eigenvalue weighted by molar-refractivity contribution is 6.35. The van der Waals surface area contributed by atoms with E-state index in [0.29, 0.717) is 42.0 Å². The number of carbonyl (C=O) groups is 3. The number of anilines is 1. The predicted molar refractivity (Wildman–Crippen MR) is 147 cm³/mol. The highest BCUT2D eigenvalue weighted by Crippen LogP contribution is 2.55. The van der Waals surface area contributed by atoms with E-state index in [0.717, 1.165) is 38.8 Å². The number of amides is 3. The fraction of sp³-hybridized carbons (Fsp3) is 0.607. The van der Waals surface area contributed by atoms with Crippen LogP contribution >= 0.6 is 23.2 Å². The van der Waals surface area contributed by atoms with E-state index in [2.05, 4.69) is 15.5 Å². The number of fused-ring (bicyclic) bond motifs is 1. The summed E-state index contributed by atoms with van der Waals surface area (Å²) in [6.07, 6.45) is 8.28. The van der Waals surface area contributed by atoms with Gasteiger partial charge in [-0.05, 0) is 31.0 Å². The van der Waals surface area contributed by atoms with Crippen molar-refractivity contribution >= 4 is 46.6 Å². The number of ether oxygens (including phenoxy) is 2. The van der Waals surface area contributed by atoms with Crippen LogP contribution < -0.4 is 10.6 Å². The second-order valence-electron chi connectivity index (χ2n) is 11.2. The summed E-state index contributed by atoms with van der Waals surface area (Å²) in [5.41, 5.74) is -0.737. The summed E-state index contributed by atoms with van der Waals surface area (Å²) < 4.78 is 11.9. The molecule has 4 heterocycles. The zero-order valence-corrected chi connectivity index (χ0v) is 23.3. The van der Waals surface area contributed by atoms with Crippen LogP contribution in [0.25, 0.3) is 0 Å². The van der Waals surface area contributed by atoms with Crippen LogP contribution in [0.4, 0.5) is 5.69 Å². The monoisotopic (exact) mass is 576 g/mol. The van der Waals surface area contributed by atoms with Gasteiger partial charge < -0.3 is 25.0 Å². The maximum absolute atomic E-state index is 14.1. The number of carbonyl (C=O) groups excluding carboxylic acids is 3. The van der Waals surface area contributed by atoms with Crippen LogP contribution in [0.2, 0.25) is 10.0 Å². The maximum atomic E-state index is 14.1. The first-order valence-electron chi connectivity index (χ1n) is 13.9. The Kier molecular flexibility index (Phi) is 7.63. The molecule has 2 bridgehead atoms. The number of benzene rings is 1. The van der Waals surface area contributed by atoms with Gasteiger partial charge in [0.05, 0.1) is 31.2 Å². The van der Waals surface area contributed by atoms with Crippen LogP contribution in [-0.2, 0) is 23.9 Å². The van der Waals surface area contributed by atoms with E-state index in [-0.39, 0.29) is 23.8 Å². The number of hydrogen-bond donors (Lipinski definition) is 2. The summed E-state index contributed by atoms with van der Waals surface area (Å²) in [6.45, 7) is 3.85. The molecule has 4 fully saturated rings. The zero-order valence-electron chi connectivity index (χ0n) is 21.7. The Morgan fingerprint density at radius 2 is 1.72 bits per heavy atom. The fourth-order valence-electron chi connectivity index (χ4n) is 6.96. The summed E-state index contributed by atoms with van der Waals surface area (Å²) in [4.78, 5) is 45.5. The van der Waals surface area contributed by atoms with E-state index in [1.54, 1.807) is 23.1 Å². The Morgan fingerprint density at radius 3 is 2.44 bits per heavy atom. The second-order valence-corrected chi connectivity index (χ2v) is 12.1. The molecule has 9 nitrogen and oxygen atoms in total. The molecule has 5 atom stereocenters. The van der Waals surface area contributed by atoms with E-state index >= 15 is 0 Å². The molecule has 2 N–H and O–H groups in total. The van der Waals surface area contributed by atoms with Crippen molar-refractivity contribution in [2.75, 3.05) is 44.7 Å². The second kappa shape index (κ2) is 11.0. The third kappa shape index (κ3) is 5.08. The van der Waals surface area contributed by atoms with Gasteiger partial charge in [-0.3, -0.25) is 19.3 Å². The molecular weight excluding hydrogens is 543 g/mol. The lowest BCUT2D eigenvalue weighted by molar-refractivity contribution is -0.141. The zero-order chi connectivity index (χ0) is 27.1. The smallest absolute Gasteiger partial charge is 0.246 e. The highest BCUT2D eigenvalue weighted by Gasteiger charge is 2.72. The van der Waals surface area contributed by atoms with Gasteiger partial charge >= 0.3 is 0 Å². The number of morpholine rings is 1. The first kappa shape index (κ1) is 27.0. The molecule has 39 heavy (non-hydrogen) atoms. The maximum Gasteiger partial charge on any atom is 0.246 e. The molecule has 1 aromatic rings. The third-order valence-corrected chi connectivity index (χ3v) is 9.20. The lowest BCUT2D eigenvalue weighted by atomic mass is 9.74. The van der Waals surface area contributed by atoms with Gasteiger partial charge in [-0.15, -0.1) is 0 Å². The van der Waals surface area contributed by atoms with Crippen LogP contribution in [0.15, 0.2) is 30.4 Å². The van der Waals surface area contributed by atoms with Crippen molar-refractivity contribution in [2.45, 2.75) is 55.9 Å². The predicted octanol–water partition coefficient (Wildman–Crippen LogP) is 2.86. The summed E-state index contributed by atoms with van der Waals surface area (Å²) in [7, 11) is 0. The normalized spacial score (nSPS) is 32.5. The van der Waals surface area contributed by atoms with Gasteiger partial charge in [-0.1, -0.05) is 54.6 Å². The van der Waals surface area contributed by atoms with E-state index in [4.69, 9.17) is 32.7 Å². The number of nitrogens with zero attached hydrogens (tertiary/aromatic N) is 2. The van der Waals surface area contributed by atoms with Crippen molar-refractivity contribution in [2.24, 2.45) is 11.8 Å². The van der Waals surface area contributed by atoms with Crippen molar-refractivity contribution in [3.63, 3.8) is 0 Å². The minimum absolute atomic E-state index is 0.0900. The molecule has 0 radical (unpaired) electrons. The molecule has 11 heteroatoms. The summed E-state index contributed by atoms with van der Waals surface area (Å²) >= 11 is 12.3. The molecule has 0 aromatic heterocycles. The van der Waals surface area contributed by atoms with E-state index in [1.807, 2.05) is 12.2 Å². The summed E-state index contributed by atoms with van der Waals surface area (Å²) in [5.74, 6) is -2.35. The van der Waals surface area contributed by atoms with Gasteiger partial charge in [-0.2, -0.15) is 0 Å². The van der Waals surface area contributed by atoms with Crippen LogP contribution in [0.5, 0.6) is 0 Å². The van der Waals surface area contributed by atoms with Gasteiger partial charge in [-0.25, -0.2) is 0 Å². The van der Waals surface area contributed by atoms with Crippen LogP contribution in [-0.4, -0.2) is 90.7 Å². The Labute approximate surface area is 238 Å². The lowest BCUT2D eigenvalue weighted by Gasteiger charge is -2.35. The van der Waals surface area contributed by atoms with Crippen LogP contribution in [0.1, 0.15) is 32.1 Å². The standard InChI is InChI=1S/C28H34Cl2N4O5/c29-17-14-18(30)16-20(15-17)32-25(35)22-21-6-7-28(39-21)23(22)27(37)34(9-8-33-10-12-38-13-11-33)24(28)26(36)31-19-4-2-1-3-5-19/h6-7,14-16,19,21-24H,1-5,8-13H2,(H,31,36)(H,32,35). The molecule has 5 aliphatic rings. The Hall–Kier alpha value is -2.17. The van der Waals surface area contributed by atoms with Crippen molar-refractivity contribution in [1.29, 1.82) is 0 Å². The summed E-state index contributed by atoms with van der Waals surface area (Å²) in [6, 6.07) is 4.05. The Morgan fingerprint density at radius 1 is 1.00 bits per heavy atom. The van der Waals surface area contributed by atoms with Gasteiger partial charge in [0, 0.05) is 48.0 Å². The van der Waals surface area contributed by atoms with Crippen molar-refractivity contribution in [3.8, 4) is 0 Å². The first-order chi connectivity index (χ1) is 18.9. The molecule has 1 aromatic carbocycles. The minimum Gasteiger partial charge on any atom is -0.379 e. The molecule has 1 saturated carbocycles. The molecule has 210 valence electrons. The molecule has 4 aliphatic heterocycles. The quantitative estimate of drug-likeness (QED) is 0.484. The van der Waals surface area contributed by atoms with Crippen molar-refractivity contribution in [3.05, 3.63) is 40.4 Å². The van der Waals surface area contributed by atoms with E-state index in [9.17, 15) is 14.4 Å².